The van der Waals surface area contributed by atoms with Gasteiger partial charge in [0.2, 0.25) is 0 Å². The Bertz CT molecular complexity index is 452. The number of benzene rings is 1. The van der Waals surface area contributed by atoms with E-state index in [2.05, 4.69) is 33.8 Å². The molecule has 0 saturated heterocycles. The van der Waals surface area contributed by atoms with Gasteiger partial charge in [0.1, 0.15) is 5.75 Å². The maximum Gasteiger partial charge on any atom is 0.122 e. The second-order valence-electron chi connectivity index (χ2n) is 5.71. The van der Waals surface area contributed by atoms with Crippen LogP contribution in [0.2, 0.25) is 0 Å². The molecule has 0 bridgehead atoms. The van der Waals surface area contributed by atoms with Crippen LogP contribution in [0.25, 0.3) is 0 Å². The molecule has 1 aromatic rings. The monoisotopic (exact) mass is 280 g/mol. The Balaban J connectivity index is 3.19. The molecule has 3 nitrogen and oxygen atoms in total. The first-order valence-corrected chi connectivity index (χ1v) is 7.34. The van der Waals surface area contributed by atoms with E-state index in [0.29, 0.717) is 6.42 Å². The zero-order valence-electron chi connectivity index (χ0n) is 13.5. The minimum Gasteiger partial charge on any atom is -0.496 e. The van der Waals surface area contributed by atoms with Crippen molar-refractivity contribution in [3.8, 4) is 5.75 Å². The Morgan fingerprint density at radius 2 is 1.75 bits per heavy atom. The highest BCUT2D eigenvalue weighted by atomic mass is 16.5. The fourth-order valence-electron chi connectivity index (χ4n) is 2.88. The van der Waals surface area contributed by atoms with Gasteiger partial charge in [-0.3, -0.25) is 0 Å². The number of aliphatic hydroxyl groups excluding tert-OH is 2. The molecule has 0 amide bonds. The predicted molar refractivity (Wildman–Crippen MR) is 82.5 cm³/mol. The van der Waals surface area contributed by atoms with Crippen molar-refractivity contribution in [2.24, 2.45) is 0 Å². The summed E-state index contributed by atoms with van der Waals surface area (Å²) in [5, 5.41) is 19.5. The van der Waals surface area contributed by atoms with E-state index in [1.807, 2.05) is 0 Å². The van der Waals surface area contributed by atoms with Crippen LogP contribution in [0, 0.1) is 20.8 Å². The normalized spacial score (nSPS) is 15.8. The number of methoxy groups -OCH3 is 1. The van der Waals surface area contributed by atoms with E-state index >= 15 is 0 Å². The molecule has 0 aliphatic rings. The first-order chi connectivity index (χ1) is 9.33. The summed E-state index contributed by atoms with van der Waals surface area (Å²) in [6, 6.07) is 2.06. The average Bonchev–Trinajstić information content (AvgIpc) is 2.41. The Morgan fingerprint density at radius 3 is 2.20 bits per heavy atom. The fraction of sp³-hybridized carbons (Fsp3) is 0.647. The minimum atomic E-state index is -0.691. The standard InChI is InChI=1S/C17H28O3/c1-7-14(9-15(19)13(5)18)17-10(2)8-16(20-6)11(3)12(17)4/h8,13-15,18-19H,7,9H2,1-6H3. The highest BCUT2D eigenvalue weighted by molar-refractivity contribution is 5.49. The van der Waals surface area contributed by atoms with Gasteiger partial charge in [0.25, 0.3) is 0 Å². The van der Waals surface area contributed by atoms with Crippen LogP contribution < -0.4 is 4.74 Å². The molecule has 0 spiro atoms. The van der Waals surface area contributed by atoms with Crippen LogP contribution >= 0.6 is 0 Å². The van der Waals surface area contributed by atoms with Gasteiger partial charge in [-0.05, 0) is 74.8 Å². The molecule has 0 aliphatic carbocycles. The van der Waals surface area contributed by atoms with E-state index in [9.17, 15) is 10.2 Å². The van der Waals surface area contributed by atoms with Gasteiger partial charge in [0.15, 0.2) is 0 Å². The van der Waals surface area contributed by atoms with Crippen LogP contribution in [-0.4, -0.2) is 29.5 Å². The quantitative estimate of drug-likeness (QED) is 0.841. The summed E-state index contributed by atoms with van der Waals surface area (Å²) in [4.78, 5) is 0. The van der Waals surface area contributed by atoms with Gasteiger partial charge in [-0.1, -0.05) is 6.92 Å². The average molecular weight is 280 g/mol. The smallest absolute Gasteiger partial charge is 0.122 e. The van der Waals surface area contributed by atoms with Crippen LogP contribution in [0.15, 0.2) is 6.07 Å². The Hall–Kier alpha value is -1.06. The summed E-state index contributed by atoms with van der Waals surface area (Å²) in [7, 11) is 1.69. The van der Waals surface area contributed by atoms with Gasteiger partial charge in [-0.25, -0.2) is 0 Å². The molecule has 1 aromatic carbocycles. The molecule has 0 heterocycles. The third kappa shape index (κ3) is 3.53. The molecular formula is C17H28O3. The molecule has 2 N–H and O–H groups in total. The number of ether oxygens (including phenoxy) is 1. The Labute approximate surface area is 122 Å². The van der Waals surface area contributed by atoms with Gasteiger partial charge in [-0.15, -0.1) is 0 Å². The molecule has 3 heteroatoms. The van der Waals surface area contributed by atoms with Crippen molar-refractivity contribution in [1.29, 1.82) is 0 Å². The summed E-state index contributed by atoms with van der Waals surface area (Å²) >= 11 is 0. The van der Waals surface area contributed by atoms with E-state index in [1.165, 1.54) is 16.7 Å². The lowest BCUT2D eigenvalue weighted by atomic mass is 9.83. The molecule has 0 fully saturated rings. The molecule has 0 saturated carbocycles. The molecular weight excluding hydrogens is 252 g/mol. The summed E-state index contributed by atoms with van der Waals surface area (Å²) in [5.41, 5.74) is 4.85. The lowest BCUT2D eigenvalue weighted by Crippen LogP contribution is -2.25. The number of aryl methyl sites for hydroxylation is 1. The molecule has 3 unspecified atom stereocenters. The predicted octanol–water partition coefficient (Wildman–Crippen LogP) is 3.25. The van der Waals surface area contributed by atoms with Crippen molar-refractivity contribution < 1.29 is 14.9 Å². The van der Waals surface area contributed by atoms with E-state index in [0.717, 1.165) is 17.7 Å². The molecule has 0 aromatic heterocycles. The van der Waals surface area contributed by atoms with E-state index < -0.39 is 12.2 Å². The van der Waals surface area contributed by atoms with E-state index in [1.54, 1.807) is 14.0 Å². The summed E-state index contributed by atoms with van der Waals surface area (Å²) in [6.45, 7) is 10.0. The summed E-state index contributed by atoms with van der Waals surface area (Å²) in [6.07, 6.45) is 0.156. The zero-order valence-corrected chi connectivity index (χ0v) is 13.5. The molecule has 20 heavy (non-hydrogen) atoms. The lowest BCUT2D eigenvalue weighted by Gasteiger charge is -2.26. The summed E-state index contributed by atoms with van der Waals surface area (Å²) < 4.78 is 5.40. The van der Waals surface area contributed by atoms with Crippen LogP contribution in [0.3, 0.4) is 0 Å². The molecule has 0 aliphatic heterocycles. The van der Waals surface area contributed by atoms with Crippen molar-refractivity contribution in [2.45, 2.75) is 65.6 Å². The van der Waals surface area contributed by atoms with Crippen molar-refractivity contribution >= 4 is 0 Å². The van der Waals surface area contributed by atoms with E-state index in [-0.39, 0.29) is 5.92 Å². The van der Waals surface area contributed by atoms with Crippen molar-refractivity contribution in [2.75, 3.05) is 7.11 Å². The Morgan fingerprint density at radius 1 is 1.15 bits per heavy atom. The first kappa shape index (κ1) is 17.0. The van der Waals surface area contributed by atoms with Crippen molar-refractivity contribution in [1.82, 2.24) is 0 Å². The molecule has 3 atom stereocenters. The van der Waals surface area contributed by atoms with Gasteiger partial charge in [-0.2, -0.15) is 0 Å². The lowest BCUT2D eigenvalue weighted by molar-refractivity contribution is 0.0214. The van der Waals surface area contributed by atoms with Crippen LogP contribution in [-0.2, 0) is 0 Å². The molecule has 1 rings (SSSR count). The van der Waals surface area contributed by atoms with Gasteiger partial charge in [0.05, 0.1) is 19.3 Å². The molecule has 0 radical (unpaired) electrons. The minimum absolute atomic E-state index is 0.254. The van der Waals surface area contributed by atoms with Gasteiger partial charge >= 0.3 is 0 Å². The number of rotatable bonds is 6. The fourth-order valence-corrected chi connectivity index (χ4v) is 2.88. The second-order valence-corrected chi connectivity index (χ2v) is 5.71. The first-order valence-electron chi connectivity index (χ1n) is 7.34. The van der Waals surface area contributed by atoms with E-state index in [4.69, 9.17) is 4.74 Å². The topological polar surface area (TPSA) is 49.7 Å². The number of hydrogen-bond acceptors (Lipinski definition) is 3. The maximum absolute atomic E-state index is 9.97. The molecule has 114 valence electrons. The van der Waals surface area contributed by atoms with Gasteiger partial charge in [0, 0.05) is 0 Å². The van der Waals surface area contributed by atoms with Crippen molar-refractivity contribution in [3.63, 3.8) is 0 Å². The Kier molecular flexibility index (Phi) is 6.03. The third-order valence-corrected chi connectivity index (χ3v) is 4.31. The highest BCUT2D eigenvalue weighted by Crippen LogP contribution is 2.36. The summed E-state index contributed by atoms with van der Waals surface area (Å²) in [5.74, 6) is 1.17. The van der Waals surface area contributed by atoms with Crippen LogP contribution in [0.5, 0.6) is 5.75 Å². The SMILES string of the molecule is CCC(CC(O)C(C)O)c1c(C)cc(OC)c(C)c1C. The van der Waals surface area contributed by atoms with Crippen LogP contribution in [0.1, 0.15) is 54.9 Å². The number of aliphatic hydroxyl groups is 2. The third-order valence-electron chi connectivity index (χ3n) is 4.31. The highest BCUT2D eigenvalue weighted by Gasteiger charge is 2.22. The largest absolute Gasteiger partial charge is 0.496 e. The van der Waals surface area contributed by atoms with Crippen molar-refractivity contribution in [3.05, 3.63) is 28.3 Å². The maximum atomic E-state index is 9.97. The van der Waals surface area contributed by atoms with Crippen LogP contribution in [0.4, 0.5) is 0 Å². The second kappa shape index (κ2) is 7.09. The number of hydrogen-bond donors (Lipinski definition) is 2. The van der Waals surface area contributed by atoms with Gasteiger partial charge < -0.3 is 14.9 Å². The zero-order chi connectivity index (χ0) is 15.4.